The molecule has 5 heteroatoms. The quantitative estimate of drug-likeness (QED) is 0.827. The number of carbonyl (C=O) groups is 1. The summed E-state index contributed by atoms with van der Waals surface area (Å²) in [6, 6.07) is 10.2. The number of nitrogens with zero attached hydrogens (tertiary/aromatic N) is 1. The van der Waals surface area contributed by atoms with Crippen molar-refractivity contribution < 1.29 is 19.7 Å². The van der Waals surface area contributed by atoms with Crippen LogP contribution in [0.2, 0.25) is 0 Å². The maximum Gasteiger partial charge on any atom is 0.338 e. The fourth-order valence-electron chi connectivity index (χ4n) is 2.09. The Labute approximate surface area is 128 Å². The molecule has 0 aliphatic heterocycles. The maximum atomic E-state index is 11.3. The summed E-state index contributed by atoms with van der Waals surface area (Å²) in [5, 5.41) is 19.4. The van der Waals surface area contributed by atoms with Gasteiger partial charge in [-0.25, -0.2) is 4.79 Å². The molecule has 0 heterocycles. The molecule has 0 fully saturated rings. The molecule has 0 aliphatic rings. The number of aryl methyl sites for hydroxylation is 1. The highest BCUT2D eigenvalue weighted by Gasteiger charge is 2.12. The number of benzene rings is 2. The van der Waals surface area contributed by atoms with E-state index in [-0.39, 0.29) is 11.3 Å². The highest BCUT2D eigenvalue weighted by Crippen LogP contribution is 2.29. The summed E-state index contributed by atoms with van der Waals surface area (Å²) < 4.78 is 5.30. The highest BCUT2D eigenvalue weighted by molar-refractivity contribution is 5.97. The summed E-state index contributed by atoms with van der Waals surface area (Å²) in [6.07, 6.45) is 1.43. The van der Waals surface area contributed by atoms with Gasteiger partial charge in [-0.3, -0.25) is 4.99 Å². The Morgan fingerprint density at radius 2 is 2.00 bits per heavy atom. The van der Waals surface area contributed by atoms with Crippen LogP contribution in [0.25, 0.3) is 0 Å². The molecule has 0 bridgehead atoms. The van der Waals surface area contributed by atoms with Crippen molar-refractivity contribution in [1.82, 2.24) is 0 Å². The third-order valence-electron chi connectivity index (χ3n) is 3.14. The Hall–Kier alpha value is -2.82. The highest BCUT2D eigenvalue weighted by atomic mass is 16.5. The molecule has 0 saturated heterocycles. The minimum Gasteiger partial charge on any atom is -0.504 e. The lowest BCUT2D eigenvalue weighted by atomic mass is 10.1. The first kappa shape index (κ1) is 15.6. The largest absolute Gasteiger partial charge is 0.504 e. The zero-order valence-electron chi connectivity index (χ0n) is 12.4. The second-order valence-corrected chi connectivity index (χ2v) is 4.66. The average Bonchev–Trinajstić information content (AvgIpc) is 2.48. The zero-order valence-corrected chi connectivity index (χ0v) is 12.4. The van der Waals surface area contributed by atoms with Crippen LogP contribution in [0, 0.1) is 6.92 Å². The summed E-state index contributed by atoms with van der Waals surface area (Å²) in [4.78, 5) is 15.5. The van der Waals surface area contributed by atoms with Crippen LogP contribution in [0.4, 0.5) is 5.69 Å². The van der Waals surface area contributed by atoms with Gasteiger partial charge in [0.1, 0.15) is 0 Å². The van der Waals surface area contributed by atoms with Crippen LogP contribution in [0.5, 0.6) is 11.5 Å². The van der Waals surface area contributed by atoms with Gasteiger partial charge in [-0.15, -0.1) is 0 Å². The number of aromatic carboxylic acids is 1. The summed E-state index contributed by atoms with van der Waals surface area (Å²) in [5.74, 6) is -0.677. The normalized spacial score (nSPS) is 10.8. The number of aromatic hydroxyl groups is 1. The Kier molecular flexibility index (Phi) is 4.78. The number of carboxylic acids is 1. The van der Waals surface area contributed by atoms with E-state index in [9.17, 15) is 15.0 Å². The van der Waals surface area contributed by atoms with E-state index in [4.69, 9.17) is 4.74 Å². The van der Waals surface area contributed by atoms with E-state index in [0.717, 1.165) is 0 Å². The smallest absolute Gasteiger partial charge is 0.338 e. The van der Waals surface area contributed by atoms with Gasteiger partial charge in [0.05, 0.1) is 17.9 Å². The monoisotopic (exact) mass is 299 g/mol. The Morgan fingerprint density at radius 1 is 1.27 bits per heavy atom. The van der Waals surface area contributed by atoms with Gasteiger partial charge in [0.15, 0.2) is 11.5 Å². The number of rotatable bonds is 5. The third kappa shape index (κ3) is 3.25. The first-order chi connectivity index (χ1) is 10.5. The number of hydrogen-bond acceptors (Lipinski definition) is 4. The molecular weight excluding hydrogens is 282 g/mol. The van der Waals surface area contributed by atoms with Gasteiger partial charge in [-0.05, 0) is 37.6 Å². The lowest BCUT2D eigenvalue weighted by Crippen LogP contribution is -2.00. The summed E-state index contributed by atoms with van der Waals surface area (Å²) in [5.41, 5.74) is 1.59. The Balaban J connectivity index is 2.40. The molecule has 2 aromatic carbocycles. The molecule has 2 aromatic rings. The van der Waals surface area contributed by atoms with Gasteiger partial charge in [0.2, 0.25) is 0 Å². The van der Waals surface area contributed by atoms with Crippen molar-refractivity contribution in [2.45, 2.75) is 13.8 Å². The number of phenolic OH excluding ortho intramolecular Hbond substituents is 1. The van der Waals surface area contributed by atoms with Gasteiger partial charge < -0.3 is 14.9 Å². The number of aliphatic imine (C=N–C) groups is 1. The van der Waals surface area contributed by atoms with Crippen molar-refractivity contribution >= 4 is 17.9 Å². The van der Waals surface area contributed by atoms with E-state index in [2.05, 4.69) is 4.99 Å². The SMILES string of the molecule is CCOc1cccc(C=Nc2cccc(C)c2C(=O)O)c1O. The number of ether oxygens (including phenoxy) is 1. The van der Waals surface area contributed by atoms with Crippen LogP contribution in [-0.4, -0.2) is 29.0 Å². The first-order valence-electron chi connectivity index (χ1n) is 6.86. The number of phenols is 1. The van der Waals surface area contributed by atoms with E-state index < -0.39 is 5.97 Å². The topological polar surface area (TPSA) is 79.1 Å². The molecule has 5 nitrogen and oxygen atoms in total. The van der Waals surface area contributed by atoms with E-state index in [0.29, 0.717) is 29.2 Å². The van der Waals surface area contributed by atoms with Crippen LogP contribution in [-0.2, 0) is 0 Å². The Morgan fingerprint density at radius 3 is 2.68 bits per heavy atom. The van der Waals surface area contributed by atoms with Gasteiger partial charge in [0, 0.05) is 11.8 Å². The minimum absolute atomic E-state index is 0.0161. The second kappa shape index (κ2) is 6.76. The molecule has 0 aliphatic carbocycles. The van der Waals surface area contributed by atoms with Crippen molar-refractivity contribution in [1.29, 1.82) is 0 Å². The van der Waals surface area contributed by atoms with Crippen molar-refractivity contribution in [3.63, 3.8) is 0 Å². The van der Waals surface area contributed by atoms with Crippen LogP contribution in [0.3, 0.4) is 0 Å². The van der Waals surface area contributed by atoms with Crippen molar-refractivity contribution in [3.8, 4) is 11.5 Å². The molecule has 0 radical (unpaired) electrons. The van der Waals surface area contributed by atoms with Crippen molar-refractivity contribution in [2.75, 3.05) is 6.61 Å². The third-order valence-corrected chi connectivity index (χ3v) is 3.14. The molecule has 22 heavy (non-hydrogen) atoms. The first-order valence-corrected chi connectivity index (χ1v) is 6.86. The number of carboxylic acid groups (broad SMARTS) is 1. The molecule has 0 aromatic heterocycles. The standard InChI is InChI=1S/C17H17NO4/c1-3-22-14-9-5-7-12(16(14)19)10-18-13-8-4-6-11(2)15(13)17(20)21/h4-10,19H,3H2,1-2H3,(H,20,21). The lowest BCUT2D eigenvalue weighted by Gasteiger charge is -2.08. The van der Waals surface area contributed by atoms with Gasteiger partial charge in [-0.2, -0.15) is 0 Å². The average molecular weight is 299 g/mol. The van der Waals surface area contributed by atoms with E-state index >= 15 is 0 Å². The predicted octanol–water partition coefficient (Wildman–Crippen LogP) is 3.55. The fourth-order valence-corrected chi connectivity index (χ4v) is 2.09. The van der Waals surface area contributed by atoms with Crippen molar-refractivity contribution in [2.24, 2.45) is 4.99 Å². The van der Waals surface area contributed by atoms with E-state index in [1.54, 1.807) is 43.3 Å². The van der Waals surface area contributed by atoms with E-state index in [1.807, 2.05) is 6.92 Å². The summed E-state index contributed by atoms with van der Waals surface area (Å²) >= 11 is 0. The van der Waals surface area contributed by atoms with Crippen LogP contribution in [0.15, 0.2) is 41.4 Å². The van der Waals surface area contributed by atoms with Gasteiger partial charge in [0.25, 0.3) is 0 Å². The summed E-state index contributed by atoms with van der Waals surface area (Å²) in [7, 11) is 0. The molecule has 0 saturated carbocycles. The molecule has 2 rings (SSSR count). The number of hydrogen-bond donors (Lipinski definition) is 2. The number of para-hydroxylation sites is 1. The fraction of sp³-hybridized carbons (Fsp3) is 0.176. The Bertz CT molecular complexity index is 723. The zero-order chi connectivity index (χ0) is 16.1. The van der Waals surface area contributed by atoms with Crippen LogP contribution in [0.1, 0.15) is 28.4 Å². The second-order valence-electron chi connectivity index (χ2n) is 4.66. The van der Waals surface area contributed by atoms with E-state index in [1.165, 1.54) is 6.21 Å². The minimum atomic E-state index is -1.03. The van der Waals surface area contributed by atoms with Crippen molar-refractivity contribution in [3.05, 3.63) is 53.1 Å². The van der Waals surface area contributed by atoms with Crippen LogP contribution < -0.4 is 4.74 Å². The maximum absolute atomic E-state index is 11.3. The van der Waals surface area contributed by atoms with Crippen LogP contribution >= 0.6 is 0 Å². The van der Waals surface area contributed by atoms with Gasteiger partial charge >= 0.3 is 5.97 Å². The van der Waals surface area contributed by atoms with Gasteiger partial charge in [-0.1, -0.05) is 18.2 Å². The molecular formula is C17H17NO4. The molecule has 0 spiro atoms. The molecule has 0 atom stereocenters. The summed E-state index contributed by atoms with van der Waals surface area (Å²) in [6.45, 7) is 3.98. The molecule has 114 valence electrons. The molecule has 2 N–H and O–H groups in total. The lowest BCUT2D eigenvalue weighted by molar-refractivity contribution is 0.0697. The predicted molar refractivity (Wildman–Crippen MR) is 84.7 cm³/mol. The molecule has 0 amide bonds. The molecule has 0 unspecified atom stereocenters.